The van der Waals surface area contributed by atoms with Gasteiger partial charge in [0.15, 0.2) is 0 Å². The van der Waals surface area contributed by atoms with Gasteiger partial charge in [0.1, 0.15) is 0 Å². The Morgan fingerprint density at radius 2 is 2.05 bits per heavy atom. The molecule has 6 heteroatoms. The highest BCUT2D eigenvalue weighted by Gasteiger charge is 2.27. The Kier molecular flexibility index (Phi) is 6.32. The van der Waals surface area contributed by atoms with E-state index in [1.54, 1.807) is 0 Å². The van der Waals surface area contributed by atoms with Gasteiger partial charge >= 0.3 is 0 Å². The molecule has 2 aliphatic rings. The third-order valence-electron chi connectivity index (χ3n) is 4.15. The molecule has 0 saturated carbocycles. The number of benzene rings is 1. The van der Waals surface area contributed by atoms with Crippen molar-refractivity contribution in [2.24, 2.45) is 0 Å². The number of anilines is 1. The van der Waals surface area contributed by atoms with Crippen molar-refractivity contribution in [1.82, 2.24) is 9.80 Å². The van der Waals surface area contributed by atoms with Crippen LogP contribution in [-0.2, 0) is 6.42 Å². The number of piperazine rings is 1. The van der Waals surface area contributed by atoms with E-state index in [9.17, 15) is 4.79 Å². The Morgan fingerprint density at radius 3 is 2.76 bits per heavy atom. The van der Waals surface area contributed by atoms with Crippen molar-refractivity contribution in [3.05, 3.63) is 29.3 Å². The molecule has 2 aliphatic heterocycles. The SMILES string of the molecule is CC1CN(C)CCN1C(=O)c1ccc2c(c1)CCN2.Cl.Cl. The van der Waals surface area contributed by atoms with Gasteiger partial charge in [-0.2, -0.15) is 0 Å². The van der Waals surface area contributed by atoms with E-state index in [-0.39, 0.29) is 36.8 Å². The average Bonchev–Trinajstić information content (AvgIpc) is 2.85. The van der Waals surface area contributed by atoms with Crippen molar-refractivity contribution in [3.8, 4) is 0 Å². The lowest BCUT2D eigenvalue weighted by atomic mass is 10.1. The standard InChI is InChI=1S/C15H21N3O.2ClH/c1-11-10-17(2)7-8-18(11)15(19)13-3-4-14-12(9-13)5-6-16-14;;/h3-4,9,11,16H,5-8,10H2,1-2H3;2*1H. The van der Waals surface area contributed by atoms with E-state index >= 15 is 0 Å². The molecular formula is C15H23Cl2N3O. The molecule has 4 nitrogen and oxygen atoms in total. The number of rotatable bonds is 1. The summed E-state index contributed by atoms with van der Waals surface area (Å²) in [6.07, 6.45) is 1.02. The van der Waals surface area contributed by atoms with E-state index in [4.69, 9.17) is 0 Å². The molecule has 1 saturated heterocycles. The van der Waals surface area contributed by atoms with Gasteiger partial charge < -0.3 is 15.1 Å². The molecule has 0 aliphatic carbocycles. The Labute approximate surface area is 138 Å². The Bertz CT molecular complexity index is 510. The van der Waals surface area contributed by atoms with E-state index in [2.05, 4.69) is 30.3 Å². The molecule has 0 spiro atoms. The van der Waals surface area contributed by atoms with Gasteiger partial charge in [-0.1, -0.05) is 0 Å². The summed E-state index contributed by atoms with van der Waals surface area (Å²) in [5, 5.41) is 3.33. The molecule has 1 atom stereocenters. The summed E-state index contributed by atoms with van der Waals surface area (Å²) in [5.74, 6) is 0.176. The lowest BCUT2D eigenvalue weighted by molar-refractivity contribution is 0.0533. The molecule has 0 bridgehead atoms. The molecule has 1 N–H and O–H groups in total. The predicted molar refractivity (Wildman–Crippen MR) is 91.1 cm³/mol. The third-order valence-corrected chi connectivity index (χ3v) is 4.15. The molecular weight excluding hydrogens is 309 g/mol. The van der Waals surface area contributed by atoms with Gasteiger partial charge in [-0.3, -0.25) is 4.79 Å². The van der Waals surface area contributed by atoms with Crippen LogP contribution in [0.5, 0.6) is 0 Å². The highest BCUT2D eigenvalue weighted by atomic mass is 35.5. The largest absolute Gasteiger partial charge is 0.384 e. The van der Waals surface area contributed by atoms with Gasteiger partial charge in [-0.05, 0) is 44.2 Å². The molecule has 118 valence electrons. The summed E-state index contributed by atoms with van der Waals surface area (Å²) in [4.78, 5) is 16.9. The second-order valence-electron chi connectivity index (χ2n) is 5.66. The summed E-state index contributed by atoms with van der Waals surface area (Å²) in [5.41, 5.74) is 3.29. The van der Waals surface area contributed by atoms with Crippen LogP contribution in [0.2, 0.25) is 0 Å². The number of fused-ring (bicyclic) bond motifs is 1. The van der Waals surface area contributed by atoms with Crippen LogP contribution in [0.1, 0.15) is 22.8 Å². The van der Waals surface area contributed by atoms with E-state index in [0.717, 1.165) is 38.2 Å². The molecule has 2 heterocycles. The molecule has 1 aromatic carbocycles. The number of halogens is 2. The summed E-state index contributed by atoms with van der Waals surface area (Å²) in [6, 6.07) is 6.33. The Balaban J connectivity index is 0.00000110. The van der Waals surface area contributed by atoms with Crippen LogP contribution < -0.4 is 5.32 Å². The molecule has 1 unspecified atom stereocenters. The summed E-state index contributed by atoms with van der Waals surface area (Å²) < 4.78 is 0. The molecule has 1 aromatic rings. The molecule has 0 radical (unpaired) electrons. The third kappa shape index (κ3) is 3.62. The van der Waals surface area contributed by atoms with Crippen LogP contribution in [0.15, 0.2) is 18.2 Å². The fourth-order valence-electron chi connectivity index (χ4n) is 3.05. The van der Waals surface area contributed by atoms with Gasteiger partial charge in [-0.25, -0.2) is 0 Å². The normalized spacial score (nSPS) is 20.9. The highest BCUT2D eigenvalue weighted by molar-refractivity contribution is 5.95. The quantitative estimate of drug-likeness (QED) is 0.857. The summed E-state index contributed by atoms with van der Waals surface area (Å²) in [6.45, 7) is 5.85. The number of hydrogen-bond donors (Lipinski definition) is 1. The zero-order valence-electron chi connectivity index (χ0n) is 12.5. The molecule has 0 aromatic heterocycles. The molecule has 3 rings (SSSR count). The van der Waals surface area contributed by atoms with Crippen molar-refractivity contribution in [1.29, 1.82) is 0 Å². The van der Waals surface area contributed by atoms with Gasteiger partial charge in [0.2, 0.25) is 0 Å². The number of hydrogen-bond acceptors (Lipinski definition) is 3. The zero-order valence-corrected chi connectivity index (χ0v) is 14.1. The zero-order chi connectivity index (χ0) is 13.4. The number of carbonyl (C=O) groups excluding carboxylic acids is 1. The van der Waals surface area contributed by atoms with E-state index < -0.39 is 0 Å². The maximum atomic E-state index is 12.6. The van der Waals surface area contributed by atoms with Crippen LogP contribution >= 0.6 is 24.8 Å². The second-order valence-corrected chi connectivity index (χ2v) is 5.66. The van der Waals surface area contributed by atoms with Crippen molar-refractivity contribution < 1.29 is 4.79 Å². The number of amides is 1. The minimum absolute atomic E-state index is 0. The first-order valence-electron chi connectivity index (χ1n) is 7.01. The van der Waals surface area contributed by atoms with Gasteiger partial charge in [-0.15, -0.1) is 24.8 Å². The Hall–Kier alpha value is -0.970. The predicted octanol–water partition coefficient (Wildman–Crippen LogP) is 2.27. The van der Waals surface area contributed by atoms with Crippen molar-refractivity contribution in [2.45, 2.75) is 19.4 Å². The molecule has 1 fully saturated rings. The Morgan fingerprint density at radius 1 is 1.29 bits per heavy atom. The lowest BCUT2D eigenvalue weighted by Crippen LogP contribution is -2.52. The van der Waals surface area contributed by atoms with Crippen molar-refractivity contribution >= 4 is 36.4 Å². The first kappa shape index (κ1) is 18.1. The van der Waals surface area contributed by atoms with Crippen LogP contribution in [-0.4, -0.2) is 55.0 Å². The molecule has 1 amide bonds. The number of nitrogens with zero attached hydrogens (tertiary/aromatic N) is 2. The topological polar surface area (TPSA) is 35.6 Å². The smallest absolute Gasteiger partial charge is 0.254 e. The summed E-state index contributed by atoms with van der Waals surface area (Å²) in [7, 11) is 2.11. The monoisotopic (exact) mass is 331 g/mol. The van der Waals surface area contributed by atoms with Crippen LogP contribution in [0.3, 0.4) is 0 Å². The first-order valence-corrected chi connectivity index (χ1v) is 7.01. The van der Waals surface area contributed by atoms with Crippen molar-refractivity contribution in [3.63, 3.8) is 0 Å². The van der Waals surface area contributed by atoms with E-state index in [1.165, 1.54) is 11.3 Å². The van der Waals surface area contributed by atoms with E-state index in [0.29, 0.717) is 0 Å². The van der Waals surface area contributed by atoms with Gasteiger partial charge in [0, 0.05) is 43.5 Å². The van der Waals surface area contributed by atoms with Gasteiger partial charge in [0.05, 0.1) is 0 Å². The van der Waals surface area contributed by atoms with E-state index in [1.807, 2.05) is 17.0 Å². The van der Waals surface area contributed by atoms with Crippen molar-refractivity contribution in [2.75, 3.05) is 38.5 Å². The minimum Gasteiger partial charge on any atom is -0.384 e. The lowest BCUT2D eigenvalue weighted by Gasteiger charge is -2.38. The fourth-order valence-corrected chi connectivity index (χ4v) is 3.05. The van der Waals surface area contributed by atoms with Crippen LogP contribution in [0.4, 0.5) is 5.69 Å². The summed E-state index contributed by atoms with van der Waals surface area (Å²) >= 11 is 0. The molecule has 21 heavy (non-hydrogen) atoms. The van der Waals surface area contributed by atoms with Crippen LogP contribution in [0.25, 0.3) is 0 Å². The maximum Gasteiger partial charge on any atom is 0.254 e. The van der Waals surface area contributed by atoms with Crippen LogP contribution in [0, 0.1) is 0 Å². The number of likely N-dealkylation sites (N-methyl/N-ethyl adjacent to an activating group) is 1. The van der Waals surface area contributed by atoms with Gasteiger partial charge in [0.25, 0.3) is 5.91 Å². The maximum absolute atomic E-state index is 12.6. The average molecular weight is 332 g/mol. The fraction of sp³-hybridized carbons (Fsp3) is 0.533. The number of nitrogens with one attached hydrogen (secondary N) is 1. The number of carbonyl (C=O) groups is 1. The highest BCUT2D eigenvalue weighted by Crippen LogP contribution is 2.24. The first-order chi connectivity index (χ1) is 9.15. The minimum atomic E-state index is 0. The second kappa shape index (κ2) is 7.34.